The van der Waals surface area contributed by atoms with Gasteiger partial charge in [-0.25, -0.2) is 14.8 Å². The minimum Gasteiger partial charge on any atom is -0.504 e. The number of carboxylic acid groups (broad SMARTS) is 1. The molecule has 0 bridgehead atoms. The Hall–Kier alpha value is -4.64. The summed E-state index contributed by atoms with van der Waals surface area (Å²) in [6.07, 6.45) is 4.93. The van der Waals surface area contributed by atoms with Crippen molar-refractivity contribution in [3.05, 3.63) is 59.0 Å². The number of aromatic nitrogens is 1. The number of fused-ring (bicyclic) bond motifs is 1. The van der Waals surface area contributed by atoms with Gasteiger partial charge in [0.2, 0.25) is 5.88 Å². The summed E-state index contributed by atoms with van der Waals surface area (Å²) < 4.78 is 11.1. The summed E-state index contributed by atoms with van der Waals surface area (Å²) in [5.41, 5.74) is 4.12. The molecule has 2 aromatic heterocycles. The highest BCUT2D eigenvalue weighted by Gasteiger charge is 2.27. The Labute approximate surface area is 220 Å². The molecule has 0 unspecified atom stereocenters. The van der Waals surface area contributed by atoms with Crippen LogP contribution < -0.4 is 10.6 Å². The lowest BCUT2D eigenvalue weighted by Crippen LogP contribution is -2.20. The van der Waals surface area contributed by atoms with E-state index in [0.29, 0.717) is 11.4 Å². The summed E-state index contributed by atoms with van der Waals surface area (Å²) in [5.74, 6) is -0.172. The normalized spacial score (nSPS) is 12.6. The van der Waals surface area contributed by atoms with Gasteiger partial charge in [0.15, 0.2) is 22.9 Å². The Kier molecular flexibility index (Phi) is 9.60. The number of aliphatic imine (C=N–C) groups is 1. The molecule has 0 fully saturated rings. The molecule has 3 aromatic rings. The number of nitrogens with zero attached hydrogens (tertiary/aromatic N) is 3. The fourth-order valence-electron chi connectivity index (χ4n) is 3.66. The molecule has 1 aliphatic heterocycles. The lowest BCUT2D eigenvalue weighted by Gasteiger charge is -2.14. The predicted octanol–water partition coefficient (Wildman–Crippen LogP) is 4.54. The van der Waals surface area contributed by atoms with Crippen molar-refractivity contribution in [1.29, 1.82) is 0 Å². The Morgan fingerprint density at radius 2 is 2.03 bits per heavy atom. The zero-order chi connectivity index (χ0) is 27.7. The number of esters is 1. The molecule has 1 aliphatic rings. The van der Waals surface area contributed by atoms with Gasteiger partial charge >= 0.3 is 5.97 Å². The van der Waals surface area contributed by atoms with E-state index in [1.54, 1.807) is 25.4 Å². The topological polar surface area (TPSA) is 150 Å². The van der Waals surface area contributed by atoms with Crippen molar-refractivity contribution in [2.24, 2.45) is 4.99 Å². The highest BCUT2D eigenvalue weighted by molar-refractivity contribution is 6.21. The van der Waals surface area contributed by atoms with Crippen LogP contribution in [0, 0.1) is 6.92 Å². The number of likely N-dealkylation sites (N-methyl/N-ethyl adjacent to an activating group) is 1. The van der Waals surface area contributed by atoms with Gasteiger partial charge in [0, 0.05) is 48.0 Å². The van der Waals surface area contributed by atoms with E-state index in [1.807, 2.05) is 51.4 Å². The van der Waals surface area contributed by atoms with Crippen LogP contribution in [0.2, 0.25) is 0 Å². The zero-order valence-electron chi connectivity index (χ0n) is 21.7. The second kappa shape index (κ2) is 13.1. The van der Waals surface area contributed by atoms with Crippen LogP contribution in [0.1, 0.15) is 34.2 Å². The fourth-order valence-corrected chi connectivity index (χ4v) is 3.66. The molecule has 200 valence electrons. The number of furan rings is 1. The van der Waals surface area contributed by atoms with Crippen LogP contribution in [0.5, 0.6) is 5.75 Å². The van der Waals surface area contributed by atoms with Crippen LogP contribution in [0.3, 0.4) is 0 Å². The summed E-state index contributed by atoms with van der Waals surface area (Å²) in [4.78, 5) is 31.7. The molecule has 38 heavy (non-hydrogen) atoms. The number of benzene rings is 1. The molecule has 1 aromatic carbocycles. The summed E-state index contributed by atoms with van der Waals surface area (Å²) in [7, 11) is 4.05. The molecule has 11 heteroatoms. The lowest BCUT2D eigenvalue weighted by atomic mass is 10.1. The third-order valence-corrected chi connectivity index (χ3v) is 5.46. The fraction of sp³-hybridized carbons (Fsp3) is 0.259. The monoisotopic (exact) mass is 521 g/mol. The lowest BCUT2D eigenvalue weighted by molar-refractivity contribution is -0.122. The predicted molar refractivity (Wildman–Crippen MR) is 147 cm³/mol. The standard InChI is InChI=1S/C26H29N5O4.CH2O2/c1-5-34-26(33)22-23(32)21(14-17-15-29-24-19(17)7-6-10-28-24)35-25(22)30-20-9-8-18(13-16(20)2)27-11-12-31(3)4;2-1-3/h6-10,13-15,27,30,32H,5,11-12H2,1-4H3;1H,(H,2,3). The van der Waals surface area contributed by atoms with Gasteiger partial charge in [-0.15, -0.1) is 0 Å². The number of pyridine rings is 1. The number of aromatic hydroxyl groups is 1. The van der Waals surface area contributed by atoms with Gasteiger partial charge in [-0.3, -0.25) is 4.79 Å². The van der Waals surface area contributed by atoms with Gasteiger partial charge in [0.1, 0.15) is 0 Å². The molecule has 0 aliphatic carbocycles. The van der Waals surface area contributed by atoms with E-state index in [9.17, 15) is 9.90 Å². The molecule has 0 radical (unpaired) electrons. The molecule has 0 amide bonds. The summed E-state index contributed by atoms with van der Waals surface area (Å²) >= 11 is 0. The number of hydrogen-bond acceptors (Lipinski definition) is 10. The van der Waals surface area contributed by atoms with E-state index >= 15 is 0 Å². The second-order valence-corrected chi connectivity index (χ2v) is 8.46. The largest absolute Gasteiger partial charge is 0.504 e. The Bertz CT molecular complexity index is 1350. The number of anilines is 3. The smallest absolute Gasteiger partial charge is 0.347 e. The Balaban J connectivity index is 0.00000127. The van der Waals surface area contributed by atoms with Crippen LogP contribution in [0.15, 0.2) is 45.9 Å². The first kappa shape index (κ1) is 27.9. The first-order valence-electron chi connectivity index (χ1n) is 11.9. The Morgan fingerprint density at radius 1 is 1.26 bits per heavy atom. The quantitative estimate of drug-likeness (QED) is 0.233. The first-order chi connectivity index (χ1) is 18.3. The first-order valence-corrected chi connectivity index (χ1v) is 11.9. The number of carbonyl (C=O) groups excluding carboxylic acids is 1. The summed E-state index contributed by atoms with van der Waals surface area (Å²) in [6.45, 7) is 5.30. The molecule has 0 saturated carbocycles. The summed E-state index contributed by atoms with van der Waals surface area (Å²) in [5, 5.41) is 24.3. The molecule has 3 heterocycles. The maximum absolute atomic E-state index is 12.7. The highest BCUT2D eigenvalue weighted by atomic mass is 16.5. The molecule has 0 saturated heterocycles. The van der Waals surface area contributed by atoms with Gasteiger partial charge < -0.3 is 34.9 Å². The molecule has 4 N–H and O–H groups in total. The minimum absolute atomic E-state index is 0.0624. The van der Waals surface area contributed by atoms with Gasteiger partial charge in [-0.05, 0) is 69.9 Å². The van der Waals surface area contributed by atoms with Gasteiger partial charge in [0.25, 0.3) is 6.47 Å². The van der Waals surface area contributed by atoms with Crippen molar-refractivity contribution in [2.45, 2.75) is 13.8 Å². The van der Waals surface area contributed by atoms with E-state index in [1.165, 1.54) is 0 Å². The molecule has 11 nitrogen and oxygen atoms in total. The second-order valence-electron chi connectivity index (χ2n) is 8.46. The molecule has 0 atom stereocenters. The number of rotatable bonds is 9. The maximum atomic E-state index is 12.7. The van der Waals surface area contributed by atoms with E-state index in [2.05, 4.69) is 25.5 Å². The van der Waals surface area contributed by atoms with Crippen molar-refractivity contribution < 1.29 is 29.0 Å². The van der Waals surface area contributed by atoms with E-state index in [0.717, 1.165) is 35.6 Å². The highest BCUT2D eigenvalue weighted by Crippen LogP contribution is 2.39. The van der Waals surface area contributed by atoms with Crippen molar-refractivity contribution in [2.75, 3.05) is 44.4 Å². The molecular formula is C27H31N5O6. The maximum Gasteiger partial charge on any atom is 0.347 e. The molecule has 0 spiro atoms. The van der Waals surface area contributed by atoms with Crippen LogP contribution >= 0.6 is 0 Å². The Morgan fingerprint density at radius 3 is 2.71 bits per heavy atom. The number of allylic oxidation sites excluding steroid dienone is 1. The summed E-state index contributed by atoms with van der Waals surface area (Å²) in [6, 6.07) is 9.53. The third kappa shape index (κ3) is 6.77. The van der Waals surface area contributed by atoms with Crippen LogP contribution in [0.4, 0.5) is 23.1 Å². The average molecular weight is 522 g/mol. The number of aryl methyl sites for hydroxylation is 1. The zero-order valence-corrected chi connectivity index (χ0v) is 21.7. The van der Waals surface area contributed by atoms with Crippen LogP contribution in [0.25, 0.3) is 11.6 Å². The molecule has 4 rings (SSSR count). The number of hydrogen-bond donors (Lipinski definition) is 4. The van der Waals surface area contributed by atoms with Crippen LogP contribution in [-0.4, -0.2) is 72.5 Å². The minimum atomic E-state index is -0.678. The number of nitrogens with one attached hydrogen (secondary N) is 2. The van der Waals surface area contributed by atoms with Gasteiger partial charge in [-0.1, -0.05) is 0 Å². The van der Waals surface area contributed by atoms with Crippen molar-refractivity contribution in [3.63, 3.8) is 0 Å². The SMILES string of the molecule is CCOC(=O)c1c(Nc2ccc(NCCN(C)C)cc2C)oc(C=C2C=Nc3ncccc32)c1O.O=CO. The number of carbonyl (C=O) groups is 2. The third-order valence-electron chi connectivity index (χ3n) is 5.46. The van der Waals surface area contributed by atoms with E-state index < -0.39 is 5.97 Å². The van der Waals surface area contributed by atoms with Crippen molar-refractivity contribution in [3.8, 4) is 5.75 Å². The van der Waals surface area contributed by atoms with Gasteiger partial charge in [0.05, 0.1) is 6.61 Å². The van der Waals surface area contributed by atoms with E-state index in [4.69, 9.17) is 19.1 Å². The van der Waals surface area contributed by atoms with E-state index in [-0.39, 0.29) is 36.0 Å². The number of ether oxygens (including phenoxy) is 1. The van der Waals surface area contributed by atoms with Crippen molar-refractivity contribution in [1.82, 2.24) is 9.88 Å². The average Bonchev–Trinajstić information content (AvgIpc) is 3.42. The van der Waals surface area contributed by atoms with Gasteiger partial charge in [-0.2, -0.15) is 0 Å². The van der Waals surface area contributed by atoms with Crippen LogP contribution in [-0.2, 0) is 9.53 Å². The molecular weight excluding hydrogens is 490 g/mol. The van der Waals surface area contributed by atoms with Crippen molar-refractivity contribution >= 4 is 53.4 Å².